The van der Waals surface area contributed by atoms with E-state index >= 15 is 0 Å². The van der Waals surface area contributed by atoms with Crippen LogP contribution in [0, 0.1) is 0 Å². The standard InChI is InChI=1S/C27H20/c1-27(2)23-12-6-10-17-9-5-11-21(25(17)23)26-22-16-19-8-4-3-7-18(19)15-20(22)13-14-24(26)27/h3-16H,1-2H3. The van der Waals surface area contributed by atoms with E-state index in [1.807, 2.05) is 0 Å². The first kappa shape index (κ1) is 15.0. The summed E-state index contributed by atoms with van der Waals surface area (Å²) in [5.41, 5.74) is 5.63. The van der Waals surface area contributed by atoms with Crippen molar-refractivity contribution in [3.63, 3.8) is 0 Å². The van der Waals surface area contributed by atoms with Crippen LogP contribution in [-0.4, -0.2) is 0 Å². The van der Waals surface area contributed by atoms with Crippen LogP contribution >= 0.6 is 0 Å². The maximum atomic E-state index is 2.38. The van der Waals surface area contributed by atoms with E-state index in [0.717, 1.165) is 0 Å². The summed E-state index contributed by atoms with van der Waals surface area (Å²) < 4.78 is 0. The zero-order chi connectivity index (χ0) is 18.2. The predicted molar refractivity (Wildman–Crippen MR) is 117 cm³/mol. The zero-order valence-corrected chi connectivity index (χ0v) is 15.6. The van der Waals surface area contributed by atoms with Gasteiger partial charge in [-0.05, 0) is 66.7 Å². The first-order valence-electron chi connectivity index (χ1n) is 9.63. The Morgan fingerprint density at radius 3 is 2.07 bits per heavy atom. The van der Waals surface area contributed by atoms with Crippen LogP contribution in [-0.2, 0) is 5.41 Å². The molecule has 0 spiro atoms. The second kappa shape index (κ2) is 4.98. The van der Waals surface area contributed by atoms with Gasteiger partial charge in [-0.1, -0.05) is 86.6 Å². The molecular formula is C27H20. The molecule has 0 heteroatoms. The second-order valence-corrected chi connectivity index (χ2v) is 8.24. The molecule has 1 aliphatic rings. The lowest BCUT2D eigenvalue weighted by Crippen LogP contribution is -2.23. The molecule has 5 aromatic rings. The quantitative estimate of drug-likeness (QED) is 0.256. The minimum absolute atomic E-state index is 0.0109. The monoisotopic (exact) mass is 344 g/mol. The molecule has 128 valence electrons. The number of fused-ring (bicyclic) bond motifs is 5. The van der Waals surface area contributed by atoms with Crippen LogP contribution in [0.25, 0.3) is 43.4 Å². The molecule has 0 aliphatic heterocycles. The van der Waals surface area contributed by atoms with E-state index in [2.05, 4.69) is 98.8 Å². The van der Waals surface area contributed by atoms with E-state index in [0.29, 0.717) is 0 Å². The molecule has 0 bridgehead atoms. The van der Waals surface area contributed by atoms with E-state index < -0.39 is 0 Å². The Labute approximate surface area is 159 Å². The van der Waals surface area contributed by atoms with Crippen molar-refractivity contribution in [2.45, 2.75) is 19.3 Å². The molecule has 0 aromatic heterocycles. The molecule has 0 saturated heterocycles. The number of hydrogen-bond acceptors (Lipinski definition) is 0. The van der Waals surface area contributed by atoms with Crippen LogP contribution in [0.2, 0.25) is 0 Å². The highest BCUT2D eigenvalue weighted by Gasteiger charge is 2.34. The lowest BCUT2D eigenvalue weighted by atomic mass is 9.67. The third-order valence-electron chi connectivity index (χ3n) is 6.41. The van der Waals surface area contributed by atoms with Gasteiger partial charge in [0.15, 0.2) is 0 Å². The van der Waals surface area contributed by atoms with Crippen molar-refractivity contribution in [3.05, 3.63) is 96.1 Å². The average molecular weight is 344 g/mol. The Balaban J connectivity index is 1.87. The van der Waals surface area contributed by atoms with Crippen LogP contribution in [0.4, 0.5) is 0 Å². The van der Waals surface area contributed by atoms with Crippen LogP contribution in [0.3, 0.4) is 0 Å². The Kier molecular flexibility index (Phi) is 2.77. The smallest absolute Gasteiger partial charge is 0.0159 e. The summed E-state index contributed by atoms with van der Waals surface area (Å²) in [4.78, 5) is 0. The molecule has 0 fully saturated rings. The van der Waals surface area contributed by atoms with Gasteiger partial charge in [0, 0.05) is 5.41 Å². The van der Waals surface area contributed by atoms with E-state index in [4.69, 9.17) is 0 Å². The van der Waals surface area contributed by atoms with Crippen LogP contribution in [0.1, 0.15) is 25.0 Å². The van der Waals surface area contributed by atoms with Crippen molar-refractivity contribution >= 4 is 32.3 Å². The fourth-order valence-electron chi connectivity index (χ4n) is 5.04. The summed E-state index contributed by atoms with van der Waals surface area (Å²) in [6, 6.07) is 31.5. The summed E-state index contributed by atoms with van der Waals surface area (Å²) in [5.74, 6) is 0. The Bertz CT molecular complexity index is 1380. The fourth-order valence-corrected chi connectivity index (χ4v) is 5.04. The Morgan fingerprint density at radius 2 is 1.26 bits per heavy atom. The fraction of sp³-hybridized carbons (Fsp3) is 0.111. The van der Waals surface area contributed by atoms with E-state index in [1.165, 1.54) is 54.6 Å². The predicted octanol–water partition coefficient (Wildman–Crippen LogP) is 7.45. The van der Waals surface area contributed by atoms with Crippen molar-refractivity contribution < 1.29 is 0 Å². The van der Waals surface area contributed by atoms with Gasteiger partial charge >= 0.3 is 0 Å². The minimum Gasteiger partial charge on any atom is -0.0616 e. The summed E-state index contributed by atoms with van der Waals surface area (Å²) in [7, 11) is 0. The third kappa shape index (κ3) is 1.88. The van der Waals surface area contributed by atoms with E-state index in [-0.39, 0.29) is 5.41 Å². The zero-order valence-electron chi connectivity index (χ0n) is 15.6. The highest BCUT2D eigenvalue weighted by molar-refractivity contribution is 6.13. The highest BCUT2D eigenvalue weighted by Crippen LogP contribution is 2.50. The van der Waals surface area contributed by atoms with Gasteiger partial charge in [-0.15, -0.1) is 0 Å². The normalized spacial score (nSPS) is 14.6. The molecule has 0 amide bonds. The van der Waals surface area contributed by atoms with Crippen molar-refractivity contribution in [3.8, 4) is 11.1 Å². The van der Waals surface area contributed by atoms with Crippen LogP contribution < -0.4 is 0 Å². The maximum Gasteiger partial charge on any atom is 0.0159 e. The van der Waals surface area contributed by atoms with Gasteiger partial charge in [-0.25, -0.2) is 0 Å². The molecule has 0 unspecified atom stereocenters. The number of rotatable bonds is 0. The molecule has 0 nitrogen and oxygen atoms in total. The van der Waals surface area contributed by atoms with Gasteiger partial charge < -0.3 is 0 Å². The largest absolute Gasteiger partial charge is 0.0616 e. The minimum atomic E-state index is -0.0109. The molecule has 6 rings (SSSR count). The summed E-state index contributed by atoms with van der Waals surface area (Å²) in [6.45, 7) is 4.73. The lowest BCUT2D eigenvalue weighted by molar-refractivity contribution is 0.646. The Hall–Kier alpha value is -3.12. The molecule has 5 aromatic carbocycles. The van der Waals surface area contributed by atoms with Crippen molar-refractivity contribution in [2.24, 2.45) is 0 Å². The van der Waals surface area contributed by atoms with E-state index in [9.17, 15) is 0 Å². The SMILES string of the molecule is CC1(C)c2ccc3cc4ccccc4cc3c2-c2cccc3cccc1c23. The molecular weight excluding hydrogens is 324 g/mol. The first-order valence-corrected chi connectivity index (χ1v) is 9.63. The first-order chi connectivity index (χ1) is 13.1. The van der Waals surface area contributed by atoms with Crippen LogP contribution in [0.5, 0.6) is 0 Å². The lowest BCUT2D eigenvalue weighted by Gasteiger charge is -2.35. The van der Waals surface area contributed by atoms with Crippen molar-refractivity contribution in [2.75, 3.05) is 0 Å². The average Bonchev–Trinajstić information content (AvgIpc) is 2.69. The summed E-state index contributed by atoms with van der Waals surface area (Å²) >= 11 is 0. The third-order valence-corrected chi connectivity index (χ3v) is 6.41. The molecule has 0 saturated carbocycles. The second-order valence-electron chi connectivity index (χ2n) is 8.24. The van der Waals surface area contributed by atoms with E-state index in [1.54, 1.807) is 0 Å². The topological polar surface area (TPSA) is 0 Å². The van der Waals surface area contributed by atoms with Gasteiger partial charge in [0.2, 0.25) is 0 Å². The summed E-state index contributed by atoms with van der Waals surface area (Å²) in [5, 5.41) is 8.04. The van der Waals surface area contributed by atoms with Gasteiger partial charge in [-0.2, -0.15) is 0 Å². The van der Waals surface area contributed by atoms with Crippen LogP contribution in [0.15, 0.2) is 84.9 Å². The number of hydrogen-bond donors (Lipinski definition) is 0. The maximum absolute atomic E-state index is 2.38. The number of benzene rings is 5. The molecule has 0 N–H and O–H groups in total. The molecule has 1 aliphatic carbocycles. The Morgan fingerprint density at radius 1 is 0.556 bits per heavy atom. The van der Waals surface area contributed by atoms with Gasteiger partial charge in [-0.3, -0.25) is 0 Å². The van der Waals surface area contributed by atoms with Gasteiger partial charge in [0.1, 0.15) is 0 Å². The molecule has 0 heterocycles. The van der Waals surface area contributed by atoms with Crippen molar-refractivity contribution in [1.29, 1.82) is 0 Å². The molecule has 0 atom stereocenters. The van der Waals surface area contributed by atoms with Crippen molar-refractivity contribution in [1.82, 2.24) is 0 Å². The molecule has 27 heavy (non-hydrogen) atoms. The summed E-state index contributed by atoms with van der Waals surface area (Å²) in [6.07, 6.45) is 0. The van der Waals surface area contributed by atoms with Gasteiger partial charge in [0.05, 0.1) is 0 Å². The molecule has 0 radical (unpaired) electrons. The highest BCUT2D eigenvalue weighted by atomic mass is 14.4. The van der Waals surface area contributed by atoms with Gasteiger partial charge in [0.25, 0.3) is 0 Å².